The fourth-order valence-electron chi connectivity index (χ4n) is 2.84. The van der Waals surface area contributed by atoms with Crippen molar-refractivity contribution < 1.29 is 17.9 Å². The Morgan fingerprint density at radius 1 is 0.966 bits per heavy atom. The van der Waals surface area contributed by atoms with Gasteiger partial charge in [-0.25, -0.2) is 8.42 Å². The van der Waals surface area contributed by atoms with Gasteiger partial charge < -0.3 is 10.1 Å². The number of ether oxygens (including phenoxy) is 1. The van der Waals surface area contributed by atoms with Crippen molar-refractivity contribution in [2.24, 2.45) is 0 Å². The lowest BCUT2D eigenvalue weighted by Crippen LogP contribution is -2.26. The van der Waals surface area contributed by atoms with Gasteiger partial charge in [0.1, 0.15) is 0 Å². The van der Waals surface area contributed by atoms with Crippen molar-refractivity contribution in [1.29, 1.82) is 0 Å². The molecule has 0 unspecified atom stereocenters. The second-order valence-corrected chi connectivity index (χ2v) is 8.39. The highest BCUT2D eigenvalue weighted by Gasteiger charge is 2.22. The summed E-state index contributed by atoms with van der Waals surface area (Å²) in [7, 11) is -0.712. The first-order valence-corrected chi connectivity index (χ1v) is 10.4. The van der Waals surface area contributed by atoms with Crippen LogP contribution < -0.4 is 9.62 Å². The van der Waals surface area contributed by atoms with E-state index in [1.54, 1.807) is 49.6 Å². The zero-order valence-electron chi connectivity index (χ0n) is 16.2. The zero-order chi connectivity index (χ0) is 20.9. The molecule has 0 aliphatic carbocycles. The molecule has 0 atom stereocenters. The van der Waals surface area contributed by atoms with Gasteiger partial charge in [0.2, 0.25) is 0 Å². The van der Waals surface area contributed by atoms with Gasteiger partial charge in [0, 0.05) is 25.4 Å². The number of rotatable bonds is 7. The van der Waals surface area contributed by atoms with Crippen LogP contribution in [-0.2, 0) is 21.4 Å². The number of hydrogen-bond donors (Lipinski definition) is 1. The SMILES string of the molecule is COCc1cccc(NC(=O)c2cccc(S(=O)(=O)N(C)c3ccccc3)c2)c1. The van der Waals surface area contributed by atoms with E-state index < -0.39 is 10.0 Å². The lowest BCUT2D eigenvalue weighted by atomic mass is 10.2. The van der Waals surface area contributed by atoms with Crippen molar-refractivity contribution >= 4 is 27.3 Å². The Bertz CT molecular complexity index is 1100. The molecule has 0 heterocycles. The summed E-state index contributed by atoms with van der Waals surface area (Å²) in [5, 5.41) is 2.79. The van der Waals surface area contributed by atoms with Crippen molar-refractivity contribution in [2.75, 3.05) is 23.8 Å². The van der Waals surface area contributed by atoms with Crippen molar-refractivity contribution in [3.63, 3.8) is 0 Å². The van der Waals surface area contributed by atoms with Gasteiger partial charge in [0.25, 0.3) is 15.9 Å². The van der Waals surface area contributed by atoms with Crippen LogP contribution in [0.2, 0.25) is 0 Å². The molecule has 3 rings (SSSR count). The molecule has 1 amide bonds. The van der Waals surface area contributed by atoms with E-state index in [9.17, 15) is 13.2 Å². The summed E-state index contributed by atoms with van der Waals surface area (Å²) < 4.78 is 32.2. The van der Waals surface area contributed by atoms with Gasteiger partial charge in [-0.2, -0.15) is 0 Å². The first-order chi connectivity index (χ1) is 13.9. The minimum absolute atomic E-state index is 0.0460. The first kappa shape index (κ1) is 20.6. The molecule has 6 nitrogen and oxygen atoms in total. The summed E-state index contributed by atoms with van der Waals surface area (Å²) in [4.78, 5) is 12.7. The molecule has 0 aliphatic heterocycles. The Morgan fingerprint density at radius 3 is 2.41 bits per heavy atom. The highest BCUT2D eigenvalue weighted by atomic mass is 32.2. The van der Waals surface area contributed by atoms with Crippen LogP contribution in [0.1, 0.15) is 15.9 Å². The van der Waals surface area contributed by atoms with Crippen molar-refractivity contribution in [1.82, 2.24) is 0 Å². The Balaban J connectivity index is 1.83. The molecule has 29 heavy (non-hydrogen) atoms. The summed E-state index contributed by atoms with van der Waals surface area (Å²) in [6, 6.07) is 22.0. The third-order valence-electron chi connectivity index (χ3n) is 4.37. The fourth-order valence-corrected chi connectivity index (χ4v) is 4.08. The molecule has 0 saturated carbocycles. The molecule has 0 radical (unpaired) electrons. The summed E-state index contributed by atoms with van der Waals surface area (Å²) in [6.45, 7) is 0.434. The van der Waals surface area contributed by atoms with Crippen LogP contribution in [0.3, 0.4) is 0 Å². The number of benzene rings is 3. The van der Waals surface area contributed by atoms with Crippen LogP contribution in [0.25, 0.3) is 0 Å². The topological polar surface area (TPSA) is 75.7 Å². The molecular formula is C22H22N2O4S. The third kappa shape index (κ3) is 4.82. The number of hydrogen-bond acceptors (Lipinski definition) is 4. The number of sulfonamides is 1. The predicted molar refractivity (Wildman–Crippen MR) is 114 cm³/mol. The van der Waals surface area contributed by atoms with Gasteiger partial charge in [-0.05, 0) is 48.0 Å². The molecule has 3 aromatic carbocycles. The number of anilines is 2. The molecular weight excluding hydrogens is 388 g/mol. The van der Waals surface area contributed by atoms with Gasteiger partial charge in [-0.15, -0.1) is 0 Å². The van der Waals surface area contributed by atoms with Gasteiger partial charge >= 0.3 is 0 Å². The summed E-state index contributed by atoms with van der Waals surface area (Å²) in [5.41, 5.74) is 2.33. The van der Waals surface area contributed by atoms with Gasteiger partial charge in [-0.3, -0.25) is 9.10 Å². The number of amides is 1. The number of methoxy groups -OCH3 is 1. The average molecular weight is 410 g/mol. The second kappa shape index (κ2) is 8.89. The Kier molecular flexibility index (Phi) is 6.31. The second-order valence-electron chi connectivity index (χ2n) is 6.42. The maximum absolute atomic E-state index is 13.0. The van der Waals surface area contributed by atoms with E-state index in [1.165, 1.54) is 23.5 Å². The van der Waals surface area contributed by atoms with Crippen molar-refractivity contribution in [3.05, 3.63) is 90.0 Å². The quantitative estimate of drug-likeness (QED) is 0.641. The molecule has 0 fully saturated rings. The number of para-hydroxylation sites is 1. The third-order valence-corrected chi connectivity index (χ3v) is 6.15. The molecule has 0 aromatic heterocycles. The van der Waals surface area contributed by atoms with E-state index in [0.717, 1.165) is 5.56 Å². The average Bonchev–Trinajstić information content (AvgIpc) is 2.74. The van der Waals surface area contributed by atoms with E-state index in [2.05, 4.69) is 5.32 Å². The van der Waals surface area contributed by atoms with Crippen LogP contribution in [0, 0.1) is 0 Å². The van der Waals surface area contributed by atoms with Gasteiger partial charge in [0.05, 0.1) is 17.2 Å². The Morgan fingerprint density at radius 2 is 1.69 bits per heavy atom. The Hall–Kier alpha value is -3.16. The van der Waals surface area contributed by atoms with Crippen molar-refractivity contribution in [2.45, 2.75) is 11.5 Å². The summed E-state index contributed by atoms with van der Waals surface area (Å²) >= 11 is 0. The number of nitrogens with zero attached hydrogens (tertiary/aromatic N) is 1. The summed E-state index contributed by atoms with van der Waals surface area (Å²) in [5.74, 6) is -0.390. The standard InChI is InChI=1S/C22H22N2O4S/c1-24(20-11-4-3-5-12-20)29(26,27)21-13-7-9-18(15-21)22(25)23-19-10-6-8-17(14-19)16-28-2/h3-15H,16H2,1-2H3,(H,23,25). The predicted octanol–water partition coefficient (Wildman–Crippen LogP) is 3.91. The van der Waals surface area contributed by atoms with Gasteiger partial charge in [-0.1, -0.05) is 36.4 Å². The molecule has 1 N–H and O–H groups in total. The van der Waals surface area contributed by atoms with Crippen LogP contribution in [0.5, 0.6) is 0 Å². The molecule has 0 spiro atoms. The first-order valence-electron chi connectivity index (χ1n) is 8.95. The normalized spacial score (nSPS) is 11.1. The largest absolute Gasteiger partial charge is 0.380 e. The lowest BCUT2D eigenvalue weighted by molar-refractivity contribution is 0.102. The minimum Gasteiger partial charge on any atom is -0.380 e. The highest BCUT2D eigenvalue weighted by molar-refractivity contribution is 7.92. The van der Waals surface area contributed by atoms with Crippen LogP contribution in [0.4, 0.5) is 11.4 Å². The molecule has 150 valence electrons. The number of carbonyl (C=O) groups is 1. The van der Waals surface area contributed by atoms with E-state index >= 15 is 0 Å². The lowest BCUT2D eigenvalue weighted by Gasteiger charge is -2.19. The number of nitrogens with one attached hydrogen (secondary N) is 1. The maximum atomic E-state index is 13.0. The van der Waals surface area contributed by atoms with Gasteiger partial charge in [0.15, 0.2) is 0 Å². The molecule has 0 aliphatic rings. The highest BCUT2D eigenvalue weighted by Crippen LogP contribution is 2.23. The minimum atomic E-state index is -3.80. The zero-order valence-corrected chi connectivity index (χ0v) is 17.0. The fraction of sp³-hybridized carbons (Fsp3) is 0.136. The van der Waals surface area contributed by atoms with Crippen molar-refractivity contribution in [3.8, 4) is 0 Å². The monoisotopic (exact) mass is 410 g/mol. The van der Waals surface area contributed by atoms with Crippen LogP contribution in [-0.4, -0.2) is 28.5 Å². The molecule has 0 saturated heterocycles. The maximum Gasteiger partial charge on any atom is 0.264 e. The smallest absolute Gasteiger partial charge is 0.264 e. The van der Waals surface area contributed by atoms with Crippen LogP contribution in [0.15, 0.2) is 83.8 Å². The number of carbonyl (C=O) groups excluding carboxylic acids is 1. The molecule has 7 heteroatoms. The van der Waals surface area contributed by atoms with E-state index in [4.69, 9.17) is 4.74 Å². The van der Waals surface area contributed by atoms with Crippen LogP contribution >= 0.6 is 0 Å². The Labute approximate surface area is 170 Å². The van der Waals surface area contributed by atoms with E-state index in [-0.39, 0.29) is 16.4 Å². The molecule has 3 aromatic rings. The van der Waals surface area contributed by atoms with E-state index in [1.807, 2.05) is 24.3 Å². The summed E-state index contributed by atoms with van der Waals surface area (Å²) in [6.07, 6.45) is 0. The molecule has 0 bridgehead atoms. The van der Waals surface area contributed by atoms with E-state index in [0.29, 0.717) is 18.0 Å².